The molecule has 7 rings (SSSR count). The first kappa shape index (κ1) is 27.1. The summed E-state index contributed by atoms with van der Waals surface area (Å²) in [4.78, 5) is 33.5. The molecule has 43 heavy (non-hydrogen) atoms. The van der Waals surface area contributed by atoms with Crippen LogP contribution < -0.4 is 4.74 Å². The molecule has 2 atom stereocenters. The molecular weight excluding hydrogens is 569 g/mol. The minimum absolute atomic E-state index is 0.00863. The standard InChI is InChI=1S/C31H26FN7O3S/c32-24-9-19(12-33)1-2-21(24)17-42-28-5-7-35-30(37-28)31-6-8-38(14-22(31)11-31)16-27-36-25-4-3-20(29(40)41)10-26(25)39(27)15-23-13-34-18-43-23/h1-5,7,9-10,13,18,22H,6,8,11,14-17H2,(H,40,41)/t22-,31+/m1/s1. The second kappa shape index (κ2) is 10.8. The third kappa shape index (κ3) is 5.22. The molecule has 10 nitrogen and oxygen atoms in total. The Balaban J connectivity index is 1.05. The number of aromatic nitrogens is 5. The molecule has 12 heteroatoms. The van der Waals surface area contributed by atoms with Crippen molar-refractivity contribution >= 4 is 28.3 Å². The summed E-state index contributed by atoms with van der Waals surface area (Å²) >= 11 is 1.56. The summed E-state index contributed by atoms with van der Waals surface area (Å²) in [5.74, 6) is 0.992. The van der Waals surface area contributed by atoms with Crippen molar-refractivity contribution in [2.24, 2.45) is 5.92 Å². The number of likely N-dealkylation sites (tertiary alicyclic amines) is 1. The number of piperidine rings is 1. The van der Waals surface area contributed by atoms with Crippen LogP contribution in [0.4, 0.5) is 4.39 Å². The molecule has 4 heterocycles. The predicted molar refractivity (Wildman–Crippen MR) is 155 cm³/mol. The molecule has 5 aromatic rings. The molecule has 2 fully saturated rings. The van der Waals surface area contributed by atoms with Crippen LogP contribution in [0.15, 0.2) is 60.4 Å². The number of carboxylic acids is 1. The van der Waals surface area contributed by atoms with Crippen molar-refractivity contribution < 1.29 is 19.0 Å². The van der Waals surface area contributed by atoms with Crippen LogP contribution in [-0.4, -0.2) is 53.6 Å². The Morgan fingerprint density at radius 3 is 2.88 bits per heavy atom. The van der Waals surface area contributed by atoms with Gasteiger partial charge < -0.3 is 14.4 Å². The van der Waals surface area contributed by atoms with Crippen LogP contribution >= 0.6 is 11.3 Å². The largest absolute Gasteiger partial charge is 0.478 e. The maximum Gasteiger partial charge on any atom is 0.335 e. The summed E-state index contributed by atoms with van der Waals surface area (Å²) in [6.45, 7) is 2.94. The first-order valence-electron chi connectivity index (χ1n) is 13.9. The number of thiazole rings is 1. The molecule has 1 N–H and O–H groups in total. The summed E-state index contributed by atoms with van der Waals surface area (Å²) in [7, 11) is 0. The fourth-order valence-corrected chi connectivity index (χ4v) is 6.63. The molecule has 1 saturated heterocycles. The van der Waals surface area contributed by atoms with Gasteiger partial charge in [-0.05, 0) is 55.6 Å². The quantitative estimate of drug-likeness (QED) is 0.256. The van der Waals surface area contributed by atoms with Gasteiger partial charge in [-0.3, -0.25) is 9.88 Å². The number of hydrogen-bond acceptors (Lipinski definition) is 9. The molecule has 0 radical (unpaired) electrons. The van der Waals surface area contributed by atoms with Gasteiger partial charge in [0.1, 0.15) is 24.1 Å². The van der Waals surface area contributed by atoms with Crippen LogP contribution in [-0.2, 0) is 25.1 Å². The Morgan fingerprint density at radius 1 is 1.21 bits per heavy atom. The van der Waals surface area contributed by atoms with Gasteiger partial charge in [0.15, 0.2) is 0 Å². The molecule has 0 amide bonds. The molecule has 0 unspecified atom stereocenters. The van der Waals surface area contributed by atoms with E-state index in [1.54, 1.807) is 59.4 Å². The number of aromatic carboxylic acids is 1. The molecule has 3 aromatic heterocycles. The van der Waals surface area contributed by atoms with Gasteiger partial charge >= 0.3 is 5.97 Å². The molecular formula is C31H26FN7O3S. The average Bonchev–Trinajstić information content (AvgIpc) is 3.33. The maximum atomic E-state index is 14.3. The average molecular weight is 596 g/mol. The lowest BCUT2D eigenvalue weighted by Crippen LogP contribution is -2.37. The Hall–Kier alpha value is -4.73. The zero-order valence-corrected chi connectivity index (χ0v) is 23.8. The first-order chi connectivity index (χ1) is 20.9. The van der Waals surface area contributed by atoms with E-state index in [4.69, 9.17) is 20.0 Å². The first-order valence-corrected chi connectivity index (χ1v) is 14.8. The van der Waals surface area contributed by atoms with E-state index in [1.807, 2.05) is 12.3 Å². The van der Waals surface area contributed by atoms with E-state index in [2.05, 4.69) is 19.4 Å². The molecule has 0 bridgehead atoms. The predicted octanol–water partition coefficient (Wildman–Crippen LogP) is 4.78. The minimum Gasteiger partial charge on any atom is -0.478 e. The molecule has 2 aliphatic rings. The lowest BCUT2D eigenvalue weighted by molar-refractivity contribution is 0.0697. The van der Waals surface area contributed by atoms with Gasteiger partial charge in [0.2, 0.25) is 5.88 Å². The minimum atomic E-state index is -0.965. The molecule has 1 saturated carbocycles. The number of nitrogens with zero attached hydrogens (tertiary/aromatic N) is 7. The van der Waals surface area contributed by atoms with E-state index in [9.17, 15) is 14.3 Å². The zero-order valence-electron chi connectivity index (χ0n) is 23.0. The second-order valence-corrected chi connectivity index (χ2v) is 12.0. The Bertz CT molecular complexity index is 1890. The number of hydrogen-bond donors (Lipinski definition) is 1. The highest BCUT2D eigenvalue weighted by atomic mass is 32.1. The van der Waals surface area contributed by atoms with Gasteiger partial charge in [0, 0.05) is 40.9 Å². The molecule has 2 aromatic carbocycles. The number of imidazole rings is 1. The molecule has 0 spiro atoms. The fourth-order valence-electron chi connectivity index (χ4n) is 6.04. The monoisotopic (exact) mass is 595 g/mol. The highest BCUT2D eigenvalue weighted by Gasteiger charge is 2.59. The van der Waals surface area contributed by atoms with Crippen molar-refractivity contribution in [2.45, 2.75) is 38.0 Å². The lowest BCUT2D eigenvalue weighted by Gasteiger charge is -2.30. The van der Waals surface area contributed by atoms with Crippen LogP contribution in [0.1, 0.15) is 50.9 Å². The normalized spacial score (nSPS) is 19.6. The number of nitriles is 1. The van der Waals surface area contributed by atoms with E-state index < -0.39 is 11.8 Å². The van der Waals surface area contributed by atoms with Crippen LogP contribution in [0.2, 0.25) is 0 Å². The van der Waals surface area contributed by atoms with Crippen molar-refractivity contribution in [1.82, 2.24) is 29.4 Å². The van der Waals surface area contributed by atoms with Crippen molar-refractivity contribution in [3.63, 3.8) is 0 Å². The maximum absolute atomic E-state index is 14.3. The summed E-state index contributed by atoms with van der Waals surface area (Å²) in [5.41, 5.74) is 4.12. The number of carbonyl (C=O) groups is 1. The van der Waals surface area contributed by atoms with Crippen molar-refractivity contribution in [3.05, 3.63) is 99.4 Å². The van der Waals surface area contributed by atoms with E-state index >= 15 is 0 Å². The summed E-state index contributed by atoms with van der Waals surface area (Å²) < 4.78 is 22.2. The van der Waals surface area contributed by atoms with Crippen LogP contribution in [0.5, 0.6) is 5.88 Å². The number of benzene rings is 2. The third-order valence-corrected chi connectivity index (χ3v) is 9.22. The smallest absolute Gasteiger partial charge is 0.335 e. The highest BCUT2D eigenvalue weighted by molar-refractivity contribution is 7.09. The van der Waals surface area contributed by atoms with Gasteiger partial charge in [-0.15, -0.1) is 11.3 Å². The van der Waals surface area contributed by atoms with Gasteiger partial charge in [-0.25, -0.2) is 19.2 Å². The van der Waals surface area contributed by atoms with E-state index in [0.717, 1.165) is 53.5 Å². The van der Waals surface area contributed by atoms with Gasteiger partial charge in [-0.1, -0.05) is 6.07 Å². The zero-order chi connectivity index (χ0) is 29.6. The van der Waals surface area contributed by atoms with Gasteiger partial charge in [-0.2, -0.15) is 10.2 Å². The summed E-state index contributed by atoms with van der Waals surface area (Å²) in [6, 6.07) is 13.0. The Morgan fingerprint density at radius 2 is 2.12 bits per heavy atom. The van der Waals surface area contributed by atoms with Gasteiger partial charge in [0.25, 0.3) is 0 Å². The number of rotatable bonds is 9. The third-order valence-electron chi connectivity index (χ3n) is 8.45. The highest BCUT2D eigenvalue weighted by Crippen LogP contribution is 2.58. The number of ether oxygens (including phenoxy) is 1. The molecule has 1 aliphatic carbocycles. The summed E-state index contributed by atoms with van der Waals surface area (Å²) in [5, 5.41) is 18.5. The SMILES string of the molecule is N#Cc1ccc(COc2ccnc([C@]34CCN(Cc5nc6ccc(C(=O)O)cc6n5Cc5cncs5)C[C@H]3C4)n2)c(F)c1. The van der Waals surface area contributed by atoms with E-state index in [0.29, 0.717) is 30.5 Å². The van der Waals surface area contributed by atoms with E-state index in [1.165, 1.54) is 6.07 Å². The topological polar surface area (TPSA) is 130 Å². The van der Waals surface area contributed by atoms with Crippen LogP contribution in [0.25, 0.3) is 11.0 Å². The van der Waals surface area contributed by atoms with Crippen LogP contribution in [0, 0.1) is 23.1 Å². The van der Waals surface area contributed by atoms with Gasteiger partial charge in [0.05, 0.1) is 46.8 Å². The molecule has 216 valence electrons. The number of halogens is 1. The number of carboxylic acid groups (broad SMARTS) is 1. The lowest BCUT2D eigenvalue weighted by atomic mass is 9.94. The summed E-state index contributed by atoms with van der Waals surface area (Å²) in [6.07, 6.45) is 5.40. The molecule has 1 aliphatic heterocycles. The van der Waals surface area contributed by atoms with Crippen LogP contribution in [0.3, 0.4) is 0 Å². The van der Waals surface area contributed by atoms with Crippen molar-refractivity contribution in [2.75, 3.05) is 13.1 Å². The number of fused-ring (bicyclic) bond motifs is 2. The van der Waals surface area contributed by atoms with Crippen molar-refractivity contribution in [3.8, 4) is 11.9 Å². The Kier molecular flexibility index (Phi) is 6.83. The fraction of sp³-hybridized carbons (Fsp3) is 0.290. The second-order valence-electron chi connectivity index (χ2n) is 11.1. The van der Waals surface area contributed by atoms with E-state index in [-0.39, 0.29) is 23.1 Å². The Labute approximate surface area is 250 Å². The van der Waals surface area contributed by atoms with Crippen molar-refractivity contribution in [1.29, 1.82) is 5.26 Å².